The van der Waals surface area contributed by atoms with Crippen LogP contribution < -0.4 is 0 Å². The van der Waals surface area contributed by atoms with Gasteiger partial charge in [-0.1, -0.05) is 18.1 Å². The summed E-state index contributed by atoms with van der Waals surface area (Å²) in [6.07, 6.45) is 4.23. The third-order valence-corrected chi connectivity index (χ3v) is 4.36. The molecule has 1 aliphatic rings. The van der Waals surface area contributed by atoms with Crippen molar-refractivity contribution in [2.24, 2.45) is 5.92 Å². The van der Waals surface area contributed by atoms with E-state index in [1.54, 1.807) is 0 Å². The van der Waals surface area contributed by atoms with Crippen LogP contribution in [0.5, 0.6) is 0 Å². The van der Waals surface area contributed by atoms with Crippen LogP contribution in [0.4, 0.5) is 0 Å². The number of aromatic nitrogens is 1. The Balaban J connectivity index is 1.99. The first-order chi connectivity index (χ1) is 8.65. The molecular formula is C16H21NO. The lowest BCUT2D eigenvalue weighted by molar-refractivity contribution is 0.133. The van der Waals surface area contributed by atoms with Crippen molar-refractivity contribution in [3.05, 3.63) is 35.0 Å². The molecule has 0 saturated heterocycles. The number of aliphatic hydroxyl groups is 1. The van der Waals surface area contributed by atoms with Crippen LogP contribution in [-0.2, 0) is 6.42 Å². The minimum atomic E-state index is -0.0980. The van der Waals surface area contributed by atoms with Crippen molar-refractivity contribution in [3.8, 4) is 0 Å². The van der Waals surface area contributed by atoms with Gasteiger partial charge in [0.05, 0.1) is 6.10 Å². The van der Waals surface area contributed by atoms with Crippen molar-refractivity contribution in [1.82, 2.24) is 4.98 Å². The van der Waals surface area contributed by atoms with Crippen molar-refractivity contribution in [2.75, 3.05) is 0 Å². The van der Waals surface area contributed by atoms with Gasteiger partial charge in [-0.15, -0.1) is 0 Å². The number of benzene rings is 1. The number of aromatic amines is 1. The van der Waals surface area contributed by atoms with Crippen molar-refractivity contribution < 1.29 is 5.11 Å². The average molecular weight is 243 g/mol. The van der Waals surface area contributed by atoms with Gasteiger partial charge < -0.3 is 10.1 Å². The molecule has 0 spiro atoms. The van der Waals surface area contributed by atoms with Crippen molar-refractivity contribution in [2.45, 2.75) is 45.6 Å². The molecule has 3 rings (SSSR count). The molecule has 96 valence electrons. The molecule has 1 aliphatic carbocycles. The van der Waals surface area contributed by atoms with Crippen LogP contribution in [0, 0.1) is 19.8 Å². The Morgan fingerprint density at radius 2 is 2.11 bits per heavy atom. The summed E-state index contributed by atoms with van der Waals surface area (Å²) in [6.45, 7) is 4.28. The lowest BCUT2D eigenvalue weighted by Crippen LogP contribution is -2.15. The fourth-order valence-electron chi connectivity index (χ4n) is 3.28. The Kier molecular flexibility index (Phi) is 2.90. The number of rotatable bonds is 2. The standard InChI is InChI=1S/C16H21NO/c1-10-6-7-15-14(8-10)13(11(2)17-15)9-12-4-3-5-16(12)18/h6-8,12,16-18H,3-5,9H2,1-2H3. The number of hydrogen-bond acceptors (Lipinski definition) is 1. The molecule has 0 amide bonds. The molecule has 1 fully saturated rings. The van der Waals surface area contributed by atoms with Crippen molar-refractivity contribution in [3.63, 3.8) is 0 Å². The topological polar surface area (TPSA) is 36.0 Å². The normalized spacial score (nSPS) is 23.9. The Hall–Kier alpha value is -1.28. The maximum atomic E-state index is 10.00. The molecule has 2 aromatic rings. The molecule has 2 N–H and O–H groups in total. The number of H-pyrrole nitrogens is 1. The zero-order valence-corrected chi connectivity index (χ0v) is 11.2. The highest BCUT2D eigenvalue weighted by Gasteiger charge is 2.26. The Morgan fingerprint density at radius 1 is 1.28 bits per heavy atom. The second kappa shape index (κ2) is 4.43. The largest absolute Gasteiger partial charge is 0.393 e. The van der Waals surface area contributed by atoms with E-state index in [0.29, 0.717) is 5.92 Å². The zero-order valence-electron chi connectivity index (χ0n) is 11.2. The van der Waals surface area contributed by atoms with Gasteiger partial charge in [0.2, 0.25) is 0 Å². The Morgan fingerprint density at radius 3 is 2.83 bits per heavy atom. The zero-order chi connectivity index (χ0) is 12.7. The predicted molar refractivity (Wildman–Crippen MR) is 74.8 cm³/mol. The highest BCUT2D eigenvalue weighted by molar-refractivity contribution is 5.85. The van der Waals surface area contributed by atoms with E-state index in [4.69, 9.17) is 0 Å². The van der Waals surface area contributed by atoms with Crippen LogP contribution in [0.2, 0.25) is 0 Å². The van der Waals surface area contributed by atoms with E-state index in [-0.39, 0.29) is 6.10 Å². The summed E-state index contributed by atoms with van der Waals surface area (Å²) < 4.78 is 0. The van der Waals surface area contributed by atoms with Crippen LogP contribution in [0.3, 0.4) is 0 Å². The van der Waals surface area contributed by atoms with Crippen LogP contribution >= 0.6 is 0 Å². The minimum absolute atomic E-state index is 0.0980. The van der Waals surface area contributed by atoms with Gasteiger partial charge in [0.15, 0.2) is 0 Å². The van der Waals surface area contributed by atoms with E-state index in [2.05, 4.69) is 37.0 Å². The molecule has 0 bridgehead atoms. The number of hydrogen-bond donors (Lipinski definition) is 2. The van der Waals surface area contributed by atoms with Crippen LogP contribution in [0.25, 0.3) is 10.9 Å². The van der Waals surface area contributed by atoms with Gasteiger partial charge in [-0.3, -0.25) is 0 Å². The van der Waals surface area contributed by atoms with Crippen LogP contribution in [0.15, 0.2) is 18.2 Å². The molecule has 1 aromatic heterocycles. The summed E-state index contributed by atoms with van der Waals surface area (Å²) in [5.41, 5.74) is 5.18. The Bertz CT molecular complexity index is 570. The fraction of sp³-hybridized carbons (Fsp3) is 0.500. The summed E-state index contributed by atoms with van der Waals surface area (Å²) in [5.74, 6) is 0.447. The molecule has 2 unspecified atom stereocenters. The molecule has 1 saturated carbocycles. The molecule has 1 aromatic carbocycles. The molecule has 2 heteroatoms. The van der Waals surface area contributed by atoms with E-state index in [1.807, 2.05) is 0 Å². The SMILES string of the molecule is Cc1ccc2[nH]c(C)c(CC3CCCC3O)c2c1. The first-order valence-electron chi connectivity index (χ1n) is 6.91. The third kappa shape index (κ3) is 1.95. The quantitative estimate of drug-likeness (QED) is 0.832. The van der Waals surface area contributed by atoms with Gasteiger partial charge in [0, 0.05) is 16.6 Å². The summed E-state index contributed by atoms with van der Waals surface area (Å²) in [4.78, 5) is 3.46. The minimum Gasteiger partial charge on any atom is -0.393 e. The number of fused-ring (bicyclic) bond motifs is 1. The number of nitrogens with one attached hydrogen (secondary N) is 1. The predicted octanol–water partition coefficient (Wildman–Crippen LogP) is 3.49. The van der Waals surface area contributed by atoms with E-state index < -0.39 is 0 Å². The smallest absolute Gasteiger partial charge is 0.0571 e. The highest BCUT2D eigenvalue weighted by Crippen LogP contribution is 2.32. The van der Waals surface area contributed by atoms with Gasteiger partial charge in [-0.25, -0.2) is 0 Å². The first-order valence-corrected chi connectivity index (χ1v) is 6.91. The molecule has 2 nitrogen and oxygen atoms in total. The second-order valence-electron chi connectivity index (χ2n) is 5.74. The lowest BCUT2D eigenvalue weighted by Gasteiger charge is -2.14. The molecule has 1 heterocycles. The highest BCUT2D eigenvalue weighted by atomic mass is 16.3. The lowest BCUT2D eigenvalue weighted by atomic mass is 9.94. The summed E-state index contributed by atoms with van der Waals surface area (Å²) in [6, 6.07) is 6.56. The second-order valence-corrected chi connectivity index (χ2v) is 5.74. The molecule has 18 heavy (non-hydrogen) atoms. The molecule has 0 radical (unpaired) electrons. The maximum absolute atomic E-state index is 10.00. The maximum Gasteiger partial charge on any atom is 0.0571 e. The summed E-state index contributed by atoms with van der Waals surface area (Å²) in [7, 11) is 0. The van der Waals surface area contributed by atoms with Gasteiger partial charge in [0.1, 0.15) is 0 Å². The van der Waals surface area contributed by atoms with E-state index in [9.17, 15) is 5.11 Å². The molecule has 2 atom stereocenters. The van der Waals surface area contributed by atoms with Gasteiger partial charge in [0.25, 0.3) is 0 Å². The van der Waals surface area contributed by atoms with E-state index in [1.165, 1.54) is 40.6 Å². The molecular weight excluding hydrogens is 222 g/mol. The van der Waals surface area contributed by atoms with Crippen molar-refractivity contribution >= 4 is 10.9 Å². The number of aryl methyl sites for hydroxylation is 2. The van der Waals surface area contributed by atoms with Gasteiger partial charge in [-0.2, -0.15) is 0 Å². The average Bonchev–Trinajstić information content (AvgIpc) is 2.86. The van der Waals surface area contributed by atoms with E-state index in [0.717, 1.165) is 12.8 Å². The summed E-state index contributed by atoms with van der Waals surface area (Å²) in [5, 5.41) is 11.3. The van der Waals surface area contributed by atoms with Gasteiger partial charge in [-0.05, 0) is 56.7 Å². The third-order valence-electron chi connectivity index (χ3n) is 4.36. The Labute approximate surface area is 108 Å². The number of aliphatic hydroxyl groups excluding tert-OH is 1. The van der Waals surface area contributed by atoms with E-state index >= 15 is 0 Å². The van der Waals surface area contributed by atoms with Gasteiger partial charge >= 0.3 is 0 Å². The molecule has 0 aliphatic heterocycles. The van der Waals surface area contributed by atoms with Crippen LogP contribution in [0.1, 0.15) is 36.1 Å². The monoisotopic (exact) mass is 243 g/mol. The fourth-order valence-corrected chi connectivity index (χ4v) is 3.28. The summed E-state index contributed by atoms with van der Waals surface area (Å²) >= 11 is 0. The first kappa shape index (κ1) is 11.8. The van der Waals surface area contributed by atoms with Crippen molar-refractivity contribution in [1.29, 1.82) is 0 Å². The van der Waals surface area contributed by atoms with Crippen LogP contribution in [-0.4, -0.2) is 16.2 Å².